The number of nitrogens with one attached hydrogen (secondary N) is 1. The van der Waals surface area contributed by atoms with Gasteiger partial charge in [-0.2, -0.15) is 13.2 Å². The summed E-state index contributed by atoms with van der Waals surface area (Å²) in [7, 11) is -4.54. The minimum Gasteiger partial charge on any atom is -0.352 e. The standard InChI is InChI=1S/C29H31ClF3N3O4S/c1-19(2)34-28(38)21(4)35(17-22-8-6-5-7-9-22)27(37)18-36(41(39,40)24-13-10-20(3)11-14-24)23-12-15-26(30)25(16-23)29(31,32)33/h5-16,19,21H,17-18H2,1-4H3,(H,34,38). The maximum Gasteiger partial charge on any atom is 0.417 e. The van der Waals surface area contributed by atoms with Gasteiger partial charge in [-0.25, -0.2) is 8.42 Å². The monoisotopic (exact) mass is 609 g/mol. The summed E-state index contributed by atoms with van der Waals surface area (Å²) in [4.78, 5) is 27.7. The summed E-state index contributed by atoms with van der Waals surface area (Å²) < 4.78 is 69.4. The lowest BCUT2D eigenvalue weighted by Gasteiger charge is -2.32. The number of alkyl halides is 3. The molecule has 0 saturated heterocycles. The van der Waals surface area contributed by atoms with Crippen molar-refractivity contribution >= 4 is 39.1 Å². The van der Waals surface area contributed by atoms with Crippen molar-refractivity contribution in [3.05, 3.63) is 94.5 Å². The second-order valence-electron chi connectivity index (χ2n) is 9.83. The van der Waals surface area contributed by atoms with Gasteiger partial charge in [-0.1, -0.05) is 59.6 Å². The molecule has 2 amide bonds. The van der Waals surface area contributed by atoms with Crippen LogP contribution in [0.1, 0.15) is 37.5 Å². The second-order valence-corrected chi connectivity index (χ2v) is 12.1. The molecule has 41 heavy (non-hydrogen) atoms. The van der Waals surface area contributed by atoms with Crippen LogP contribution in [0.5, 0.6) is 0 Å². The zero-order valence-corrected chi connectivity index (χ0v) is 24.5. The van der Waals surface area contributed by atoms with Crippen LogP contribution >= 0.6 is 11.6 Å². The van der Waals surface area contributed by atoms with E-state index in [-0.39, 0.29) is 17.5 Å². The highest BCUT2D eigenvalue weighted by molar-refractivity contribution is 7.92. The summed E-state index contributed by atoms with van der Waals surface area (Å²) in [5.74, 6) is -1.26. The number of amides is 2. The van der Waals surface area contributed by atoms with Crippen molar-refractivity contribution < 1.29 is 31.2 Å². The van der Waals surface area contributed by atoms with Crippen LogP contribution in [0.2, 0.25) is 5.02 Å². The first kappa shape index (κ1) is 32.0. The van der Waals surface area contributed by atoms with E-state index in [1.54, 1.807) is 51.1 Å². The molecule has 3 aromatic carbocycles. The van der Waals surface area contributed by atoms with Crippen molar-refractivity contribution in [3.63, 3.8) is 0 Å². The number of halogens is 4. The number of aryl methyl sites for hydroxylation is 1. The Bertz CT molecular complexity index is 1480. The Labute approximate surface area is 243 Å². The van der Waals surface area contributed by atoms with E-state index >= 15 is 0 Å². The Balaban J connectivity index is 2.11. The first-order valence-electron chi connectivity index (χ1n) is 12.7. The van der Waals surface area contributed by atoms with Gasteiger partial charge in [-0.05, 0) is 63.6 Å². The van der Waals surface area contributed by atoms with Gasteiger partial charge in [-0.3, -0.25) is 13.9 Å². The number of carbonyl (C=O) groups is 2. The van der Waals surface area contributed by atoms with Crippen LogP contribution in [0.15, 0.2) is 77.7 Å². The van der Waals surface area contributed by atoms with E-state index in [1.807, 2.05) is 0 Å². The predicted octanol–water partition coefficient (Wildman–Crippen LogP) is 5.80. The van der Waals surface area contributed by atoms with Crippen LogP contribution in [0.3, 0.4) is 0 Å². The third kappa shape index (κ3) is 8.01. The van der Waals surface area contributed by atoms with Gasteiger partial charge in [0.25, 0.3) is 10.0 Å². The van der Waals surface area contributed by atoms with Crippen molar-refractivity contribution in [2.24, 2.45) is 0 Å². The Morgan fingerprint density at radius 3 is 2.12 bits per heavy atom. The number of hydrogen-bond acceptors (Lipinski definition) is 4. The molecule has 12 heteroatoms. The van der Waals surface area contributed by atoms with Crippen LogP contribution in [-0.4, -0.2) is 43.8 Å². The minimum atomic E-state index is -4.88. The van der Waals surface area contributed by atoms with Gasteiger partial charge in [0.05, 0.1) is 21.2 Å². The molecule has 0 radical (unpaired) electrons. The Morgan fingerprint density at radius 1 is 0.951 bits per heavy atom. The summed E-state index contributed by atoms with van der Waals surface area (Å²) in [5, 5.41) is 2.12. The fourth-order valence-corrected chi connectivity index (χ4v) is 5.65. The highest BCUT2D eigenvalue weighted by Gasteiger charge is 2.37. The highest BCUT2D eigenvalue weighted by Crippen LogP contribution is 2.38. The number of hydrogen-bond donors (Lipinski definition) is 1. The molecule has 1 atom stereocenters. The van der Waals surface area contributed by atoms with Crippen LogP contribution in [0.4, 0.5) is 18.9 Å². The molecule has 0 fully saturated rings. The zero-order valence-electron chi connectivity index (χ0n) is 22.9. The molecule has 1 unspecified atom stereocenters. The molecule has 3 rings (SSSR count). The fourth-order valence-electron chi connectivity index (χ4n) is 4.02. The van der Waals surface area contributed by atoms with Crippen LogP contribution < -0.4 is 9.62 Å². The molecule has 0 aliphatic rings. The molecule has 0 aromatic heterocycles. The third-order valence-corrected chi connectivity index (χ3v) is 8.34. The molecule has 0 saturated carbocycles. The first-order valence-corrected chi connectivity index (χ1v) is 14.5. The number of benzene rings is 3. The normalized spacial score (nSPS) is 12.6. The molecule has 0 heterocycles. The summed E-state index contributed by atoms with van der Waals surface area (Å²) in [6, 6.07) is 15.8. The minimum absolute atomic E-state index is 0.0425. The average molecular weight is 610 g/mol. The lowest BCUT2D eigenvalue weighted by Crippen LogP contribution is -2.52. The van der Waals surface area contributed by atoms with E-state index in [0.717, 1.165) is 17.7 Å². The molecule has 0 bridgehead atoms. The average Bonchev–Trinajstić information content (AvgIpc) is 2.90. The molecular formula is C29H31ClF3N3O4S. The van der Waals surface area contributed by atoms with Crippen LogP contribution in [-0.2, 0) is 32.3 Å². The Hall–Kier alpha value is -3.57. The molecule has 7 nitrogen and oxygen atoms in total. The molecule has 3 aromatic rings. The van der Waals surface area contributed by atoms with E-state index < -0.39 is 56.9 Å². The molecule has 0 aliphatic carbocycles. The smallest absolute Gasteiger partial charge is 0.352 e. The van der Waals surface area contributed by atoms with E-state index in [1.165, 1.54) is 36.1 Å². The fraction of sp³-hybridized carbons (Fsp3) is 0.310. The van der Waals surface area contributed by atoms with Gasteiger partial charge in [-0.15, -0.1) is 0 Å². The first-order chi connectivity index (χ1) is 19.1. The molecule has 0 spiro atoms. The summed E-state index contributed by atoms with van der Waals surface area (Å²) in [6.45, 7) is 5.84. The Morgan fingerprint density at radius 2 is 1.56 bits per heavy atom. The SMILES string of the molecule is Cc1ccc(S(=O)(=O)N(CC(=O)N(Cc2ccccc2)C(C)C(=O)NC(C)C)c2ccc(Cl)c(C(F)(F)F)c2)cc1. The third-order valence-electron chi connectivity index (χ3n) is 6.23. The van der Waals surface area contributed by atoms with Gasteiger partial charge in [0.2, 0.25) is 11.8 Å². The van der Waals surface area contributed by atoms with E-state index in [4.69, 9.17) is 11.6 Å². The van der Waals surface area contributed by atoms with E-state index in [2.05, 4.69) is 5.32 Å². The van der Waals surface area contributed by atoms with Crippen molar-refractivity contribution in [1.29, 1.82) is 0 Å². The van der Waals surface area contributed by atoms with Gasteiger partial charge >= 0.3 is 6.18 Å². The highest BCUT2D eigenvalue weighted by atomic mass is 35.5. The topological polar surface area (TPSA) is 86.8 Å². The van der Waals surface area contributed by atoms with Crippen LogP contribution in [0.25, 0.3) is 0 Å². The lowest BCUT2D eigenvalue weighted by atomic mass is 10.1. The maximum absolute atomic E-state index is 13.8. The summed E-state index contributed by atoms with van der Waals surface area (Å²) >= 11 is 5.79. The van der Waals surface area contributed by atoms with Crippen molar-refractivity contribution in [2.75, 3.05) is 10.8 Å². The molecule has 0 aliphatic heterocycles. The van der Waals surface area contributed by atoms with Gasteiger partial charge in [0.1, 0.15) is 12.6 Å². The number of nitrogens with zero attached hydrogens (tertiary/aromatic N) is 2. The number of rotatable bonds is 10. The molecular weight excluding hydrogens is 579 g/mol. The number of sulfonamides is 1. The van der Waals surface area contributed by atoms with Gasteiger partial charge in [0.15, 0.2) is 0 Å². The van der Waals surface area contributed by atoms with Gasteiger partial charge in [0, 0.05) is 12.6 Å². The van der Waals surface area contributed by atoms with E-state index in [0.29, 0.717) is 15.9 Å². The number of anilines is 1. The predicted molar refractivity (Wildman–Crippen MR) is 152 cm³/mol. The van der Waals surface area contributed by atoms with Crippen molar-refractivity contribution in [3.8, 4) is 0 Å². The van der Waals surface area contributed by atoms with Crippen molar-refractivity contribution in [2.45, 2.75) is 57.4 Å². The maximum atomic E-state index is 13.8. The molecule has 1 N–H and O–H groups in total. The summed E-state index contributed by atoms with van der Waals surface area (Å²) in [6.07, 6.45) is -4.88. The Kier molecular flexibility index (Phi) is 10.1. The second kappa shape index (κ2) is 12.9. The number of carbonyl (C=O) groups excluding carboxylic acids is 2. The molecule has 220 valence electrons. The van der Waals surface area contributed by atoms with E-state index in [9.17, 15) is 31.2 Å². The summed E-state index contributed by atoms with van der Waals surface area (Å²) in [5.41, 5.74) is -0.228. The quantitative estimate of drug-likeness (QED) is 0.315. The van der Waals surface area contributed by atoms with Crippen molar-refractivity contribution in [1.82, 2.24) is 10.2 Å². The lowest BCUT2D eigenvalue weighted by molar-refractivity contribution is -0.139. The van der Waals surface area contributed by atoms with Gasteiger partial charge < -0.3 is 10.2 Å². The largest absolute Gasteiger partial charge is 0.417 e. The zero-order chi connectivity index (χ0) is 30.5. The van der Waals surface area contributed by atoms with Crippen LogP contribution in [0, 0.1) is 6.92 Å².